The van der Waals surface area contributed by atoms with E-state index < -0.39 is 0 Å². The largest absolute Gasteiger partial charge is 0.293 e. The average Bonchev–Trinajstić information content (AvgIpc) is 2.57. The van der Waals surface area contributed by atoms with Gasteiger partial charge in [-0.15, -0.1) is 0 Å². The van der Waals surface area contributed by atoms with Crippen LogP contribution in [0.1, 0.15) is 26.5 Å². The maximum atomic E-state index is 12.3. The molecule has 2 rings (SSSR count). The fraction of sp³-hybridized carbons (Fsp3) is 0.308. The third-order valence-corrected chi connectivity index (χ3v) is 4.08. The molecule has 0 atom stereocenters. The Balaban J connectivity index is 2.69. The standard InChI is InChI=1S/C13H14Br2N2O/c1-13(2,3)11-10(15)12(18)17(16-11)9-7-5-4-6-8(9)14/h4-7,16H,1-3H3. The van der Waals surface area contributed by atoms with E-state index >= 15 is 0 Å². The number of halogens is 2. The number of H-pyrrole nitrogens is 1. The number of aromatic nitrogens is 2. The smallest absolute Gasteiger partial charge is 0.285 e. The summed E-state index contributed by atoms with van der Waals surface area (Å²) in [5.41, 5.74) is 1.50. The zero-order valence-electron chi connectivity index (χ0n) is 10.4. The molecule has 1 N–H and O–H groups in total. The van der Waals surface area contributed by atoms with Crippen LogP contribution in [0.2, 0.25) is 0 Å². The van der Waals surface area contributed by atoms with Gasteiger partial charge in [-0.25, -0.2) is 4.68 Å². The van der Waals surface area contributed by atoms with Crippen LogP contribution in [0.3, 0.4) is 0 Å². The van der Waals surface area contributed by atoms with E-state index in [1.165, 1.54) is 0 Å². The van der Waals surface area contributed by atoms with E-state index in [4.69, 9.17) is 0 Å². The SMILES string of the molecule is CC(C)(C)c1[nH]n(-c2ccccc2Br)c(=O)c1Br. The summed E-state index contributed by atoms with van der Waals surface area (Å²) in [4.78, 5) is 12.3. The lowest BCUT2D eigenvalue weighted by molar-refractivity contribution is 0.557. The summed E-state index contributed by atoms with van der Waals surface area (Å²) in [5, 5.41) is 3.17. The Kier molecular flexibility index (Phi) is 3.56. The third kappa shape index (κ3) is 2.34. The molecule has 3 nitrogen and oxygen atoms in total. The maximum Gasteiger partial charge on any atom is 0.285 e. The van der Waals surface area contributed by atoms with E-state index in [9.17, 15) is 4.79 Å². The van der Waals surface area contributed by atoms with Crippen LogP contribution in [0.15, 0.2) is 38.0 Å². The highest BCUT2D eigenvalue weighted by molar-refractivity contribution is 9.10. The number of nitrogens with zero attached hydrogens (tertiary/aromatic N) is 1. The molecule has 0 aliphatic carbocycles. The lowest BCUT2D eigenvalue weighted by atomic mass is 9.93. The predicted molar refractivity (Wildman–Crippen MR) is 80.5 cm³/mol. The monoisotopic (exact) mass is 372 g/mol. The first-order chi connectivity index (χ1) is 8.32. The minimum atomic E-state index is -0.121. The number of rotatable bonds is 1. The molecule has 18 heavy (non-hydrogen) atoms. The second kappa shape index (κ2) is 4.70. The van der Waals surface area contributed by atoms with Crippen molar-refractivity contribution in [2.24, 2.45) is 0 Å². The minimum Gasteiger partial charge on any atom is -0.293 e. The van der Waals surface area contributed by atoms with Gasteiger partial charge < -0.3 is 0 Å². The quantitative estimate of drug-likeness (QED) is 0.806. The molecule has 1 aromatic carbocycles. The van der Waals surface area contributed by atoms with Crippen LogP contribution in [0.4, 0.5) is 0 Å². The number of hydrogen-bond donors (Lipinski definition) is 1. The number of para-hydroxylation sites is 1. The summed E-state index contributed by atoms with van der Waals surface area (Å²) < 4.78 is 3.02. The molecule has 0 saturated heterocycles. The highest BCUT2D eigenvalue weighted by atomic mass is 79.9. The Hall–Kier alpha value is -0.810. The summed E-state index contributed by atoms with van der Waals surface area (Å²) in [6.45, 7) is 6.19. The molecular weight excluding hydrogens is 360 g/mol. The predicted octanol–water partition coefficient (Wildman–Crippen LogP) is 3.99. The molecule has 1 aromatic heterocycles. The van der Waals surface area contributed by atoms with Gasteiger partial charge in [0.25, 0.3) is 5.56 Å². The molecule has 0 fully saturated rings. The summed E-state index contributed by atoms with van der Waals surface area (Å²) >= 11 is 6.84. The first-order valence-electron chi connectivity index (χ1n) is 5.58. The summed E-state index contributed by atoms with van der Waals surface area (Å²) in [6, 6.07) is 7.62. The van der Waals surface area contributed by atoms with Gasteiger partial charge in [0.2, 0.25) is 0 Å². The minimum absolute atomic E-state index is 0.0770. The van der Waals surface area contributed by atoms with E-state index in [0.717, 1.165) is 15.9 Å². The summed E-state index contributed by atoms with van der Waals surface area (Å²) in [6.07, 6.45) is 0. The van der Waals surface area contributed by atoms with Crippen molar-refractivity contribution in [2.75, 3.05) is 0 Å². The first-order valence-corrected chi connectivity index (χ1v) is 7.17. The second-order valence-corrected chi connectivity index (χ2v) is 6.79. The molecular formula is C13H14Br2N2O. The van der Waals surface area contributed by atoms with Crippen molar-refractivity contribution in [1.82, 2.24) is 9.78 Å². The van der Waals surface area contributed by atoms with Gasteiger partial charge in [-0.2, -0.15) is 0 Å². The van der Waals surface area contributed by atoms with Gasteiger partial charge in [0.1, 0.15) is 4.47 Å². The van der Waals surface area contributed by atoms with E-state index in [2.05, 4.69) is 57.7 Å². The molecule has 0 bridgehead atoms. The Labute approximate surface area is 122 Å². The molecule has 5 heteroatoms. The highest BCUT2D eigenvalue weighted by Gasteiger charge is 2.23. The summed E-state index contributed by atoms with van der Waals surface area (Å²) in [7, 11) is 0. The van der Waals surface area contributed by atoms with Gasteiger partial charge in [-0.05, 0) is 44.0 Å². The third-order valence-electron chi connectivity index (χ3n) is 2.68. The van der Waals surface area contributed by atoms with E-state index in [0.29, 0.717) is 4.47 Å². The lowest BCUT2D eigenvalue weighted by Gasteiger charge is -2.16. The Bertz CT molecular complexity index is 635. The van der Waals surface area contributed by atoms with Gasteiger partial charge in [-0.3, -0.25) is 9.89 Å². The zero-order chi connectivity index (χ0) is 13.5. The van der Waals surface area contributed by atoms with Crippen LogP contribution in [0, 0.1) is 0 Å². The lowest BCUT2D eigenvalue weighted by Crippen LogP contribution is -2.15. The molecule has 0 aliphatic rings. The molecule has 0 spiro atoms. The van der Waals surface area contributed by atoms with Crippen molar-refractivity contribution in [3.63, 3.8) is 0 Å². The fourth-order valence-corrected chi connectivity index (χ4v) is 3.04. The summed E-state index contributed by atoms with van der Waals surface area (Å²) in [5.74, 6) is 0. The van der Waals surface area contributed by atoms with Crippen LogP contribution >= 0.6 is 31.9 Å². The van der Waals surface area contributed by atoms with Crippen molar-refractivity contribution in [1.29, 1.82) is 0 Å². The molecule has 0 saturated carbocycles. The van der Waals surface area contributed by atoms with Crippen LogP contribution in [0.5, 0.6) is 0 Å². The van der Waals surface area contributed by atoms with Crippen molar-refractivity contribution in [3.8, 4) is 5.69 Å². The van der Waals surface area contributed by atoms with Crippen LogP contribution in [0.25, 0.3) is 5.69 Å². The first kappa shape index (κ1) is 13.6. The Morgan fingerprint density at radius 3 is 2.28 bits per heavy atom. The second-order valence-electron chi connectivity index (χ2n) is 5.14. The maximum absolute atomic E-state index is 12.3. The molecule has 0 aliphatic heterocycles. The number of benzene rings is 1. The van der Waals surface area contributed by atoms with Crippen molar-refractivity contribution >= 4 is 31.9 Å². The van der Waals surface area contributed by atoms with Gasteiger partial charge in [-0.1, -0.05) is 32.9 Å². The molecule has 0 amide bonds. The fourth-order valence-electron chi connectivity index (χ4n) is 1.72. The molecule has 1 heterocycles. The van der Waals surface area contributed by atoms with Gasteiger partial charge in [0.05, 0.1) is 11.4 Å². The van der Waals surface area contributed by atoms with Crippen molar-refractivity contribution in [3.05, 3.63) is 49.3 Å². The number of nitrogens with one attached hydrogen (secondary N) is 1. The van der Waals surface area contributed by atoms with Gasteiger partial charge in [0, 0.05) is 9.89 Å². The number of hydrogen-bond acceptors (Lipinski definition) is 1. The van der Waals surface area contributed by atoms with E-state index in [-0.39, 0.29) is 11.0 Å². The Morgan fingerprint density at radius 2 is 1.78 bits per heavy atom. The van der Waals surface area contributed by atoms with Crippen molar-refractivity contribution < 1.29 is 0 Å². The van der Waals surface area contributed by atoms with E-state index in [1.54, 1.807) is 4.68 Å². The van der Waals surface area contributed by atoms with E-state index in [1.807, 2.05) is 24.3 Å². The Morgan fingerprint density at radius 1 is 1.17 bits per heavy atom. The van der Waals surface area contributed by atoms with Crippen LogP contribution < -0.4 is 5.56 Å². The normalized spacial score (nSPS) is 11.8. The molecule has 2 aromatic rings. The average molecular weight is 374 g/mol. The van der Waals surface area contributed by atoms with Gasteiger partial charge in [0.15, 0.2) is 0 Å². The van der Waals surface area contributed by atoms with Crippen LogP contribution in [-0.2, 0) is 5.41 Å². The molecule has 96 valence electrons. The zero-order valence-corrected chi connectivity index (χ0v) is 13.6. The van der Waals surface area contributed by atoms with Gasteiger partial charge >= 0.3 is 0 Å². The number of aromatic amines is 1. The molecule has 0 unspecified atom stereocenters. The van der Waals surface area contributed by atoms with Crippen molar-refractivity contribution in [2.45, 2.75) is 26.2 Å². The highest BCUT2D eigenvalue weighted by Crippen LogP contribution is 2.27. The molecule has 0 radical (unpaired) electrons. The topological polar surface area (TPSA) is 37.8 Å². The van der Waals surface area contributed by atoms with Crippen LogP contribution in [-0.4, -0.2) is 9.78 Å².